The first kappa shape index (κ1) is 15.0. The maximum atomic E-state index is 11.7. The third kappa shape index (κ3) is 3.17. The zero-order chi connectivity index (χ0) is 14.7. The lowest BCUT2D eigenvalue weighted by atomic mass is 9.90. The van der Waals surface area contributed by atoms with Crippen molar-refractivity contribution in [3.63, 3.8) is 0 Å². The van der Waals surface area contributed by atoms with E-state index in [1.165, 1.54) is 31.2 Å². The summed E-state index contributed by atoms with van der Waals surface area (Å²) < 4.78 is 0. The number of aryl methyl sites for hydroxylation is 2. The predicted molar refractivity (Wildman–Crippen MR) is 85.0 cm³/mol. The van der Waals surface area contributed by atoms with Crippen LogP contribution in [0.25, 0.3) is 0 Å². The van der Waals surface area contributed by atoms with E-state index in [-0.39, 0.29) is 5.78 Å². The largest absolute Gasteiger partial charge is 0.295 e. The van der Waals surface area contributed by atoms with Gasteiger partial charge in [-0.25, -0.2) is 0 Å². The molecule has 2 rings (SSSR count). The lowest BCUT2D eigenvalue weighted by molar-refractivity contribution is 0.101. The molecule has 0 N–H and O–H groups in total. The lowest BCUT2D eigenvalue weighted by Crippen LogP contribution is -2.11. The van der Waals surface area contributed by atoms with Crippen LogP contribution in [0.15, 0.2) is 17.1 Å². The van der Waals surface area contributed by atoms with Gasteiger partial charge < -0.3 is 0 Å². The molecular formula is C18H25NO. The van der Waals surface area contributed by atoms with Gasteiger partial charge in [0.25, 0.3) is 0 Å². The fraction of sp³-hybridized carbons (Fsp3) is 0.556. The van der Waals surface area contributed by atoms with Crippen LogP contribution in [0.2, 0.25) is 0 Å². The Balaban J connectivity index is 2.33. The smallest absolute Gasteiger partial charge is 0.160 e. The molecule has 1 fully saturated rings. The van der Waals surface area contributed by atoms with Crippen molar-refractivity contribution in [1.29, 1.82) is 0 Å². The quantitative estimate of drug-likeness (QED) is 0.585. The second-order valence-corrected chi connectivity index (χ2v) is 6.06. The summed E-state index contributed by atoms with van der Waals surface area (Å²) >= 11 is 0. The predicted octanol–water partition coefficient (Wildman–Crippen LogP) is 4.51. The Morgan fingerprint density at radius 2 is 1.75 bits per heavy atom. The third-order valence-electron chi connectivity index (χ3n) is 4.49. The van der Waals surface area contributed by atoms with Crippen LogP contribution in [0.5, 0.6) is 0 Å². The first-order chi connectivity index (χ1) is 9.52. The van der Waals surface area contributed by atoms with Gasteiger partial charge in [-0.2, -0.15) is 0 Å². The Morgan fingerprint density at radius 1 is 1.15 bits per heavy atom. The van der Waals surface area contributed by atoms with Crippen molar-refractivity contribution < 1.29 is 4.79 Å². The van der Waals surface area contributed by atoms with Crippen LogP contribution in [-0.2, 0) is 0 Å². The molecule has 108 valence electrons. The highest BCUT2D eigenvalue weighted by Gasteiger charge is 2.19. The molecule has 0 aliphatic heterocycles. The monoisotopic (exact) mass is 271 g/mol. The van der Waals surface area contributed by atoms with Crippen molar-refractivity contribution in [3.8, 4) is 0 Å². The Kier molecular flexibility index (Phi) is 4.74. The van der Waals surface area contributed by atoms with E-state index in [2.05, 4.69) is 18.0 Å². The number of rotatable bonds is 4. The molecule has 0 spiro atoms. The van der Waals surface area contributed by atoms with E-state index < -0.39 is 0 Å². The number of hydrogen-bond donors (Lipinski definition) is 0. The summed E-state index contributed by atoms with van der Waals surface area (Å²) in [7, 11) is 1.87. The molecule has 1 saturated carbocycles. The van der Waals surface area contributed by atoms with Gasteiger partial charge in [-0.15, -0.1) is 0 Å². The van der Waals surface area contributed by atoms with Gasteiger partial charge in [0, 0.05) is 18.3 Å². The zero-order valence-electron chi connectivity index (χ0n) is 13.1. The number of Topliss-reactive ketones (excluding diaryl/α,β-unsaturated/α-hetero) is 1. The second kappa shape index (κ2) is 6.34. The summed E-state index contributed by atoms with van der Waals surface area (Å²) in [5, 5.41) is 0. The summed E-state index contributed by atoms with van der Waals surface area (Å²) in [5.74, 6) is 0.912. The number of hydrogen-bond acceptors (Lipinski definition) is 2. The highest BCUT2D eigenvalue weighted by Crippen LogP contribution is 2.30. The highest BCUT2D eigenvalue weighted by atomic mass is 16.1. The van der Waals surface area contributed by atoms with E-state index in [0.717, 1.165) is 34.7 Å². The van der Waals surface area contributed by atoms with Crippen molar-refractivity contribution in [2.24, 2.45) is 10.9 Å². The molecule has 2 nitrogen and oxygen atoms in total. The van der Waals surface area contributed by atoms with Crippen molar-refractivity contribution in [2.75, 3.05) is 7.05 Å². The van der Waals surface area contributed by atoms with Gasteiger partial charge >= 0.3 is 0 Å². The third-order valence-corrected chi connectivity index (χ3v) is 4.49. The van der Waals surface area contributed by atoms with Crippen LogP contribution in [-0.4, -0.2) is 18.5 Å². The van der Waals surface area contributed by atoms with Gasteiger partial charge in [0.15, 0.2) is 5.78 Å². The fourth-order valence-corrected chi connectivity index (χ4v) is 3.35. The molecule has 0 atom stereocenters. The summed E-state index contributed by atoms with van der Waals surface area (Å²) in [5.41, 5.74) is 5.45. The minimum Gasteiger partial charge on any atom is -0.295 e. The molecule has 1 aliphatic rings. The summed E-state index contributed by atoms with van der Waals surface area (Å²) in [6.45, 7) is 5.76. The fourth-order valence-electron chi connectivity index (χ4n) is 3.35. The van der Waals surface area contributed by atoms with Gasteiger partial charge in [0.05, 0.1) is 0 Å². The Morgan fingerprint density at radius 3 is 2.30 bits per heavy atom. The zero-order valence-corrected chi connectivity index (χ0v) is 13.1. The van der Waals surface area contributed by atoms with E-state index in [9.17, 15) is 4.79 Å². The average Bonchev–Trinajstić information content (AvgIpc) is 2.89. The maximum absolute atomic E-state index is 11.7. The number of ketones is 1. The maximum Gasteiger partial charge on any atom is 0.160 e. The molecule has 0 radical (unpaired) electrons. The van der Waals surface area contributed by atoms with E-state index in [1.807, 2.05) is 20.0 Å². The molecule has 0 unspecified atom stereocenters. The normalized spacial score (nSPS) is 16.7. The molecular weight excluding hydrogens is 246 g/mol. The topological polar surface area (TPSA) is 29.4 Å². The Bertz CT molecular complexity index is 537. The first-order valence-electron chi connectivity index (χ1n) is 7.61. The number of nitrogens with zero attached hydrogens (tertiary/aromatic N) is 1. The molecule has 0 heterocycles. The first-order valence-corrected chi connectivity index (χ1v) is 7.61. The van der Waals surface area contributed by atoms with Crippen LogP contribution in [0.4, 0.5) is 0 Å². The molecule has 1 aliphatic carbocycles. The molecule has 0 amide bonds. The van der Waals surface area contributed by atoms with E-state index >= 15 is 0 Å². The van der Waals surface area contributed by atoms with E-state index in [1.54, 1.807) is 6.92 Å². The number of carbonyl (C=O) groups excluding carboxylic acids is 1. The summed E-state index contributed by atoms with van der Waals surface area (Å²) in [6, 6.07) is 4.16. The SMILES string of the molecule is CN=C(CC1CCCC1)c1cc(C(C)=O)c(C)cc1C. The Labute approximate surface area is 122 Å². The molecule has 2 heteroatoms. The number of benzene rings is 1. The molecule has 1 aromatic rings. The van der Waals surface area contributed by atoms with Crippen molar-refractivity contribution in [3.05, 3.63) is 34.4 Å². The number of aliphatic imine (C=N–C) groups is 1. The standard InChI is InChI=1S/C18H25NO/c1-12-9-13(2)17(11-16(12)14(3)20)18(19-4)10-15-7-5-6-8-15/h9,11,15H,5-8,10H2,1-4H3. The average molecular weight is 271 g/mol. The molecule has 20 heavy (non-hydrogen) atoms. The van der Waals surface area contributed by atoms with Gasteiger partial charge in [-0.3, -0.25) is 9.79 Å². The van der Waals surface area contributed by atoms with Crippen LogP contribution in [0, 0.1) is 19.8 Å². The highest BCUT2D eigenvalue weighted by molar-refractivity contribution is 6.05. The molecule has 1 aromatic carbocycles. The summed E-state index contributed by atoms with van der Waals surface area (Å²) in [4.78, 5) is 16.3. The van der Waals surface area contributed by atoms with Crippen LogP contribution in [0.1, 0.15) is 66.1 Å². The van der Waals surface area contributed by atoms with Crippen LogP contribution >= 0.6 is 0 Å². The van der Waals surface area contributed by atoms with Gasteiger partial charge in [-0.05, 0) is 55.9 Å². The van der Waals surface area contributed by atoms with E-state index in [0.29, 0.717) is 0 Å². The van der Waals surface area contributed by atoms with Gasteiger partial charge in [0.1, 0.15) is 0 Å². The van der Waals surface area contributed by atoms with Crippen LogP contribution < -0.4 is 0 Å². The summed E-state index contributed by atoms with van der Waals surface area (Å²) in [6.07, 6.45) is 6.41. The van der Waals surface area contributed by atoms with Crippen molar-refractivity contribution >= 4 is 11.5 Å². The van der Waals surface area contributed by atoms with Crippen LogP contribution in [0.3, 0.4) is 0 Å². The van der Waals surface area contributed by atoms with Gasteiger partial charge in [0.2, 0.25) is 0 Å². The lowest BCUT2D eigenvalue weighted by Gasteiger charge is -2.16. The van der Waals surface area contributed by atoms with Crippen molar-refractivity contribution in [2.45, 2.75) is 52.9 Å². The number of carbonyl (C=O) groups is 1. The Hall–Kier alpha value is -1.44. The minimum absolute atomic E-state index is 0.139. The molecule has 0 saturated heterocycles. The second-order valence-electron chi connectivity index (χ2n) is 6.06. The molecule has 0 aromatic heterocycles. The van der Waals surface area contributed by atoms with Gasteiger partial charge in [-0.1, -0.05) is 31.7 Å². The molecule has 0 bridgehead atoms. The van der Waals surface area contributed by atoms with E-state index in [4.69, 9.17) is 0 Å². The minimum atomic E-state index is 0.139. The van der Waals surface area contributed by atoms with Crippen molar-refractivity contribution in [1.82, 2.24) is 0 Å².